The monoisotopic (exact) mass is 380 g/mol. The Labute approximate surface area is 119 Å². The van der Waals surface area contributed by atoms with E-state index in [9.17, 15) is 4.79 Å². The standard InChI is InChI=1S/C10H7Br2ClN2O2/c1-17-10(16)7-8-5(4-11)6(13)2-3-15(8)14-9(7)12/h2-3H,4H2,1H3. The lowest BCUT2D eigenvalue weighted by Crippen LogP contribution is -2.03. The number of halogens is 3. The van der Waals surface area contributed by atoms with E-state index in [1.54, 1.807) is 16.8 Å². The molecular weight excluding hydrogens is 375 g/mol. The molecule has 0 saturated heterocycles. The molecule has 2 aromatic rings. The summed E-state index contributed by atoms with van der Waals surface area (Å²) >= 11 is 12.7. The number of alkyl halides is 1. The molecule has 0 amide bonds. The molecule has 0 unspecified atom stereocenters. The van der Waals surface area contributed by atoms with E-state index in [1.807, 2.05) is 0 Å². The fourth-order valence-corrected chi connectivity index (χ4v) is 3.03. The van der Waals surface area contributed by atoms with Crippen LogP contribution in [-0.2, 0) is 10.1 Å². The molecule has 0 fully saturated rings. The van der Waals surface area contributed by atoms with Gasteiger partial charge in [0, 0.05) is 22.1 Å². The molecule has 0 saturated carbocycles. The lowest BCUT2D eigenvalue weighted by atomic mass is 10.2. The minimum absolute atomic E-state index is 0.379. The van der Waals surface area contributed by atoms with Gasteiger partial charge in [0.05, 0.1) is 12.6 Å². The van der Waals surface area contributed by atoms with Gasteiger partial charge in [-0.2, -0.15) is 5.10 Å². The van der Waals surface area contributed by atoms with E-state index >= 15 is 0 Å². The Morgan fingerprint density at radius 2 is 2.35 bits per heavy atom. The van der Waals surface area contributed by atoms with Crippen LogP contribution in [0.2, 0.25) is 5.02 Å². The molecule has 0 aliphatic carbocycles. The molecule has 0 radical (unpaired) electrons. The van der Waals surface area contributed by atoms with Crippen molar-refractivity contribution < 1.29 is 9.53 Å². The van der Waals surface area contributed by atoms with E-state index in [4.69, 9.17) is 16.3 Å². The SMILES string of the molecule is COC(=O)c1c(Br)nn2ccc(Cl)c(CBr)c12. The van der Waals surface area contributed by atoms with Gasteiger partial charge in [0.25, 0.3) is 0 Å². The molecule has 0 N–H and O–H groups in total. The number of esters is 1. The molecule has 0 aliphatic heterocycles. The summed E-state index contributed by atoms with van der Waals surface area (Å²) in [5.74, 6) is -0.448. The van der Waals surface area contributed by atoms with Crippen molar-refractivity contribution in [3.8, 4) is 0 Å². The third-order valence-corrected chi connectivity index (χ3v) is 3.80. The van der Waals surface area contributed by atoms with Gasteiger partial charge in [0.15, 0.2) is 0 Å². The summed E-state index contributed by atoms with van der Waals surface area (Å²) in [5, 5.41) is 5.29. The van der Waals surface area contributed by atoms with Gasteiger partial charge in [-0.1, -0.05) is 27.5 Å². The van der Waals surface area contributed by atoms with Crippen LogP contribution in [0.3, 0.4) is 0 Å². The first-order valence-corrected chi connectivity index (χ1v) is 6.89. The minimum atomic E-state index is -0.448. The van der Waals surface area contributed by atoms with Crippen molar-refractivity contribution in [3.63, 3.8) is 0 Å². The molecule has 2 rings (SSSR count). The molecule has 2 aromatic heterocycles. The average Bonchev–Trinajstić information content (AvgIpc) is 2.64. The topological polar surface area (TPSA) is 43.6 Å². The number of nitrogens with zero attached hydrogens (tertiary/aromatic N) is 2. The summed E-state index contributed by atoms with van der Waals surface area (Å²) in [6, 6.07) is 1.73. The van der Waals surface area contributed by atoms with Crippen LogP contribution in [0, 0.1) is 0 Å². The van der Waals surface area contributed by atoms with Gasteiger partial charge in [-0.05, 0) is 22.0 Å². The lowest BCUT2D eigenvalue weighted by molar-refractivity contribution is 0.0602. The number of fused-ring (bicyclic) bond motifs is 1. The van der Waals surface area contributed by atoms with Gasteiger partial charge in [-0.3, -0.25) is 0 Å². The zero-order valence-electron chi connectivity index (χ0n) is 8.71. The van der Waals surface area contributed by atoms with Crippen molar-refractivity contribution in [3.05, 3.63) is 33.0 Å². The summed E-state index contributed by atoms with van der Waals surface area (Å²) in [4.78, 5) is 11.7. The maximum absolute atomic E-state index is 11.7. The zero-order valence-corrected chi connectivity index (χ0v) is 12.6. The zero-order chi connectivity index (χ0) is 12.6. The molecule has 7 heteroatoms. The Bertz CT molecular complexity index is 597. The number of methoxy groups -OCH3 is 1. The van der Waals surface area contributed by atoms with E-state index < -0.39 is 5.97 Å². The third kappa shape index (κ3) is 2.09. The van der Waals surface area contributed by atoms with Crippen LogP contribution in [0.25, 0.3) is 5.52 Å². The predicted molar refractivity (Wildman–Crippen MR) is 71.9 cm³/mol. The van der Waals surface area contributed by atoms with Gasteiger partial charge in [0.1, 0.15) is 10.2 Å². The molecule has 17 heavy (non-hydrogen) atoms. The number of aromatic nitrogens is 2. The second kappa shape index (κ2) is 4.96. The smallest absolute Gasteiger partial charge is 0.342 e. The summed E-state index contributed by atoms with van der Waals surface area (Å²) < 4.78 is 6.78. The van der Waals surface area contributed by atoms with E-state index in [1.165, 1.54) is 7.11 Å². The highest BCUT2D eigenvalue weighted by molar-refractivity contribution is 9.10. The Hall–Kier alpha value is -0.590. The highest BCUT2D eigenvalue weighted by atomic mass is 79.9. The number of hydrogen-bond donors (Lipinski definition) is 0. The van der Waals surface area contributed by atoms with Crippen LogP contribution in [0.5, 0.6) is 0 Å². The van der Waals surface area contributed by atoms with Crippen LogP contribution in [0.15, 0.2) is 16.9 Å². The lowest BCUT2D eigenvalue weighted by Gasteiger charge is -2.04. The molecule has 4 nitrogen and oxygen atoms in total. The average molecular weight is 382 g/mol. The fraction of sp³-hybridized carbons (Fsp3) is 0.200. The second-order valence-corrected chi connectivity index (χ2v) is 4.95. The van der Waals surface area contributed by atoms with E-state index in [0.29, 0.717) is 26.0 Å². The first-order valence-electron chi connectivity index (χ1n) is 4.59. The van der Waals surface area contributed by atoms with Crippen molar-refractivity contribution in [2.24, 2.45) is 0 Å². The van der Waals surface area contributed by atoms with E-state index in [2.05, 4.69) is 37.0 Å². The molecule has 0 atom stereocenters. The van der Waals surface area contributed by atoms with Gasteiger partial charge in [0.2, 0.25) is 0 Å². The number of carbonyl (C=O) groups excluding carboxylic acids is 1. The normalized spacial score (nSPS) is 10.8. The van der Waals surface area contributed by atoms with Gasteiger partial charge < -0.3 is 4.74 Å². The number of hydrogen-bond acceptors (Lipinski definition) is 3. The number of carbonyl (C=O) groups is 1. The quantitative estimate of drug-likeness (QED) is 0.590. The molecular formula is C10H7Br2ClN2O2. The first kappa shape index (κ1) is 12.9. The molecule has 0 aromatic carbocycles. The van der Waals surface area contributed by atoms with Crippen molar-refractivity contribution >= 4 is 54.9 Å². The number of rotatable bonds is 2. The first-order chi connectivity index (χ1) is 8.10. The highest BCUT2D eigenvalue weighted by Gasteiger charge is 2.22. The van der Waals surface area contributed by atoms with Crippen molar-refractivity contribution in [2.75, 3.05) is 7.11 Å². The number of pyridine rings is 1. The Morgan fingerprint density at radius 3 is 2.94 bits per heavy atom. The summed E-state index contributed by atoms with van der Waals surface area (Å²) in [5.41, 5.74) is 1.82. The highest BCUT2D eigenvalue weighted by Crippen LogP contribution is 2.30. The second-order valence-electron chi connectivity index (χ2n) is 3.23. The van der Waals surface area contributed by atoms with Crippen LogP contribution < -0.4 is 0 Å². The minimum Gasteiger partial charge on any atom is -0.465 e. The largest absolute Gasteiger partial charge is 0.465 e. The van der Waals surface area contributed by atoms with Crippen LogP contribution in [0.4, 0.5) is 0 Å². The van der Waals surface area contributed by atoms with Crippen molar-refractivity contribution in [2.45, 2.75) is 5.33 Å². The fourth-order valence-electron chi connectivity index (χ4n) is 1.56. The third-order valence-electron chi connectivity index (χ3n) is 2.33. The van der Waals surface area contributed by atoms with Gasteiger partial charge in [-0.25, -0.2) is 9.31 Å². The van der Waals surface area contributed by atoms with E-state index in [-0.39, 0.29) is 0 Å². The van der Waals surface area contributed by atoms with Crippen molar-refractivity contribution in [1.29, 1.82) is 0 Å². The predicted octanol–water partition coefficient (Wildman–Crippen LogP) is 3.43. The number of ether oxygens (including phenoxy) is 1. The maximum Gasteiger partial charge on any atom is 0.342 e. The summed E-state index contributed by atoms with van der Waals surface area (Å²) in [6.07, 6.45) is 1.70. The molecule has 0 bridgehead atoms. The molecule has 0 aliphatic rings. The van der Waals surface area contributed by atoms with Crippen LogP contribution in [-0.4, -0.2) is 22.7 Å². The summed E-state index contributed by atoms with van der Waals surface area (Å²) in [6.45, 7) is 0. The van der Waals surface area contributed by atoms with Gasteiger partial charge in [-0.15, -0.1) is 0 Å². The summed E-state index contributed by atoms with van der Waals surface area (Å²) in [7, 11) is 1.33. The Kier molecular flexibility index (Phi) is 3.75. The Morgan fingerprint density at radius 1 is 1.65 bits per heavy atom. The van der Waals surface area contributed by atoms with Crippen LogP contribution in [0.1, 0.15) is 15.9 Å². The van der Waals surface area contributed by atoms with Crippen LogP contribution >= 0.6 is 43.5 Å². The molecule has 2 heterocycles. The van der Waals surface area contributed by atoms with E-state index in [0.717, 1.165) is 5.56 Å². The molecule has 90 valence electrons. The van der Waals surface area contributed by atoms with Crippen molar-refractivity contribution in [1.82, 2.24) is 9.61 Å². The molecule has 0 spiro atoms. The Balaban J connectivity index is 2.86. The van der Waals surface area contributed by atoms with Gasteiger partial charge >= 0.3 is 5.97 Å². The maximum atomic E-state index is 11.7.